The van der Waals surface area contributed by atoms with Gasteiger partial charge in [-0.1, -0.05) is 0 Å². The van der Waals surface area contributed by atoms with E-state index in [1.54, 1.807) is 18.7 Å². The lowest BCUT2D eigenvalue weighted by Gasteiger charge is -2.16. The Morgan fingerprint density at radius 3 is 2.63 bits per heavy atom. The molecule has 0 saturated heterocycles. The molecule has 0 radical (unpaired) electrons. The highest BCUT2D eigenvalue weighted by Gasteiger charge is 2.17. The van der Waals surface area contributed by atoms with Gasteiger partial charge in [-0.05, 0) is 20.8 Å². The quantitative estimate of drug-likeness (QED) is 0.608. The van der Waals surface area contributed by atoms with Crippen molar-refractivity contribution in [1.82, 2.24) is 30.2 Å². The van der Waals surface area contributed by atoms with Crippen LogP contribution in [-0.4, -0.2) is 24.7 Å². The summed E-state index contributed by atoms with van der Waals surface area (Å²) in [4.78, 5) is 12.9. The van der Waals surface area contributed by atoms with Crippen LogP contribution in [0.15, 0.2) is 18.7 Å². The molecule has 2 heterocycles. The number of aryl methyl sites for hydroxylation is 1. The minimum atomic E-state index is -0.130. The standard InChI is InChI=1S/C12H19N7/c1-8(2)19-12(16-7-17-19)4-10(18-13)11-6-14-9(3)5-15-11/h5-8,10,18H,4,13H2,1-3H3. The van der Waals surface area contributed by atoms with Crippen LogP contribution in [0.3, 0.4) is 0 Å². The Kier molecular flexibility index (Phi) is 4.18. The Hall–Kier alpha value is -1.86. The maximum atomic E-state index is 5.61. The molecular weight excluding hydrogens is 242 g/mol. The first-order chi connectivity index (χ1) is 9.11. The molecule has 0 aliphatic heterocycles. The van der Waals surface area contributed by atoms with Gasteiger partial charge in [0, 0.05) is 18.7 Å². The number of aromatic nitrogens is 5. The molecule has 0 amide bonds. The van der Waals surface area contributed by atoms with Gasteiger partial charge in [0.25, 0.3) is 0 Å². The minimum absolute atomic E-state index is 0.130. The molecular formula is C12H19N7. The van der Waals surface area contributed by atoms with Gasteiger partial charge in [-0.3, -0.25) is 21.2 Å². The molecule has 0 spiro atoms. The van der Waals surface area contributed by atoms with Crippen molar-refractivity contribution in [2.24, 2.45) is 5.84 Å². The molecule has 0 aliphatic rings. The molecule has 7 heteroatoms. The molecule has 102 valence electrons. The number of nitrogens with zero attached hydrogens (tertiary/aromatic N) is 5. The smallest absolute Gasteiger partial charge is 0.138 e. The van der Waals surface area contributed by atoms with Crippen molar-refractivity contribution in [2.45, 2.75) is 39.3 Å². The number of rotatable bonds is 5. The third-order valence-electron chi connectivity index (χ3n) is 2.88. The molecule has 0 fully saturated rings. The van der Waals surface area contributed by atoms with Gasteiger partial charge in [0.15, 0.2) is 0 Å². The van der Waals surface area contributed by atoms with E-state index < -0.39 is 0 Å². The molecule has 1 unspecified atom stereocenters. The summed E-state index contributed by atoms with van der Waals surface area (Å²) in [6, 6.07) is 0.134. The van der Waals surface area contributed by atoms with E-state index in [0.29, 0.717) is 6.42 Å². The largest absolute Gasteiger partial charge is 0.271 e. The molecule has 0 saturated carbocycles. The summed E-state index contributed by atoms with van der Waals surface area (Å²) in [7, 11) is 0. The Balaban J connectivity index is 2.19. The molecule has 3 N–H and O–H groups in total. The predicted molar refractivity (Wildman–Crippen MR) is 70.9 cm³/mol. The van der Waals surface area contributed by atoms with Crippen molar-refractivity contribution in [3.63, 3.8) is 0 Å². The third-order valence-corrected chi connectivity index (χ3v) is 2.88. The van der Waals surface area contributed by atoms with Gasteiger partial charge in [-0.25, -0.2) is 9.67 Å². The van der Waals surface area contributed by atoms with Gasteiger partial charge in [-0.15, -0.1) is 0 Å². The van der Waals surface area contributed by atoms with Crippen LogP contribution < -0.4 is 11.3 Å². The van der Waals surface area contributed by atoms with Crippen LogP contribution in [0.25, 0.3) is 0 Å². The Labute approximate surface area is 112 Å². The second-order valence-corrected chi connectivity index (χ2v) is 4.72. The fraction of sp³-hybridized carbons (Fsp3) is 0.500. The van der Waals surface area contributed by atoms with Crippen LogP contribution in [0, 0.1) is 6.92 Å². The summed E-state index contributed by atoms with van der Waals surface area (Å²) in [5, 5.41) is 4.21. The van der Waals surface area contributed by atoms with Gasteiger partial charge >= 0.3 is 0 Å². The van der Waals surface area contributed by atoms with E-state index in [4.69, 9.17) is 5.84 Å². The van der Waals surface area contributed by atoms with Crippen molar-refractivity contribution in [1.29, 1.82) is 0 Å². The van der Waals surface area contributed by atoms with Gasteiger partial charge in [0.2, 0.25) is 0 Å². The van der Waals surface area contributed by atoms with Crippen molar-refractivity contribution < 1.29 is 0 Å². The molecule has 2 aromatic heterocycles. The highest BCUT2D eigenvalue weighted by atomic mass is 15.3. The van der Waals surface area contributed by atoms with Crippen LogP contribution >= 0.6 is 0 Å². The molecule has 0 aromatic carbocycles. The molecule has 0 bridgehead atoms. The fourth-order valence-electron chi connectivity index (χ4n) is 1.87. The van der Waals surface area contributed by atoms with Gasteiger partial charge < -0.3 is 0 Å². The van der Waals surface area contributed by atoms with Crippen LogP contribution in [0.5, 0.6) is 0 Å². The van der Waals surface area contributed by atoms with E-state index >= 15 is 0 Å². The van der Waals surface area contributed by atoms with E-state index in [1.165, 1.54) is 0 Å². The number of hydrazine groups is 1. The lowest BCUT2D eigenvalue weighted by Crippen LogP contribution is -2.31. The number of nitrogens with one attached hydrogen (secondary N) is 1. The maximum absolute atomic E-state index is 5.61. The first-order valence-electron chi connectivity index (χ1n) is 6.25. The zero-order valence-corrected chi connectivity index (χ0v) is 11.4. The number of nitrogens with two attached hydrogens (primary N) is 1. The monoisotopic (exact) mass is 261 g/mol. The fourth-order valence-corrected chi connectivity index (χ4v) is 1.87. The van der Waals surface area contributed by atoms with E-state index in [9.17, 15) is 0 Å². The highest BCUT2D eigenvalue weighted by Crippen LogP contribution is 2.15. The van der Waals surface area contributed by atoms with E-state index in [0.717, 1.165) is 17.2 Å². The average molecular weight is 261 g/mol. The van der Waals surface area contributed by atoms with E-state index in [1.807, 2.05) is 11.6 Å². The van der Waals surface area contributed by atoms with E-state index in [-0.39, 0.29) is 12.1 Å². The average Bonchev–Trinajstić information content (AvgIpc) is 2.85. The summed E-state index contributed by atoms with van der Waals surface area (Å²) >= 11 is 0. The Bertz CT molecular complexity index is 517. The van der Waals surface area contributed by atoms with Crippen LogP contribution in [0.4, 0.5) is 0 Å². The molecule has 1 atom stereocenters. The zero-order chi connectivity index (χ0) is 13.8. The topological polar surface area (TPSA) is 94.5 Å². The highest BCUT2D eigenvalue weighted by molar-refractivity contribution is 5.08. The lowest BCUT2D eigenvalue weighted by molar-refractivity contribution is 0.463. The second kappa shape index (κ2) is 5.85. The number of hydrogen-bond acceptors (Lipinski definition) is 6. The van der Waals surface area contributed by atoms with Gasteiger partial charge in [-0.2, -0.15) is 5.10 Å². The SMILES string of the molecule is Cc1cnc(C(Cc2ncnn2C(C)C)NN)cn1. The van der Waals surface area contributed by atoms with Crippen LogP contribution in [0.1, 0.15) is 43.1 Å². The van der Waals surface area contributed by atoms with Crippen molar-refractivity contribution in [3.8, 4) is 0 Å². The predicted octanol–water partition coefficient (Wildman–Crippen LogP) is 0.705. The summed E-state index contributed by atoms with van der Waals surface area (Å²) in [6.45, 7) is 6.03. The molecule has 7 nitrogen and oxygen atoms in total. The molecule has 0 aliphatic carbocycles. The summed E-state index contributed by atoms with van der Waals surface area (Å²) in [5.41, 5.74) is 4.44. The first kappa shape index (κ1) is 13.6. The van der Waals surface area contributed by atoms with Crippen molar-refractivity contribution in [2.75, 3.05) is 0 Å². The Morgan fingerprint density at radius 2 is 2.05 bits per heavy atom. The van der Waals surface area contributed by atoms with Crippen LogP contribution in [-0.2, 0) is 6.42 Å². The number of hydrogen-bond donors (Lipinski definition) is 2. The van der Waals surface area contributed by atoms with Gasteiger partial charge in [0.1, 0.15) is 12.2 Å². The van der Waals surface area contributed by atoms with E-state index in [2.05, 4.69) is 39.3 Å². The first-order valence-corrected chi connectivity index (χ1v) is 6.25. The molecule has 2 aromatic rings. The zero-order valence-electron chi connectivity index (χ0n) is 11.4. The summed E-state index contributed by atoms with van der Waals surface area (Å²) in [5.74, 6) is 6.49. The second-order valence-electron chi connectivity index (χ2n) is 4.72. The normalized spacial score (nSPS) is 12.9. The third kappa shape index (κ3) is 3.12. The van der Waals surface area contributed by atoms with Crippen molar-refractivity contribution >= 4 is 0 Å². The molecule has 2 rings (SSSR count). The summed E-state index contributed by atoms with van der Waals surface area (Å²) < 4.78 is 1.88. The molecule has 19 heavy (non-hydrogen) atoms. The lowest BCUT2D eigenvalue weighted by atomic mass is 10.1. The van der Waals surface area contributed by atoms with Crippen LogP contribution in [0.2, 0.25) is 0 Å². The summed E-state index contributed by atoms with van der Waals surface area (Å²) in [6.07, 6.45) is 5.64. The Morgan fingerprint density at radius 1 is 1.26 bits per heavy atom. The minimum Gasteiger partial charge on any atom is -0.271 e. The maximum Gasteiger partial charge on any atom is 0.138 e. The van der Waals surface area contributed by atoms with Gasteiger partial charge in [0.05, 0.1) is 23.6 Å². The van der Waals surface area contributed by atoms with Crippen molar-refractivity contribution in [3.05, 3.63) is 35.9 Å².